The summed E-state index contributed by atoms with van der Waals surface area (Å²) in [4.78, 5) is 22.6. The van der Waals surface area contributed by atoms with E-state index in [1.165, 1.54) is 0 Å². The van der Waals surface area contributed by atoms with Crippen LogP contribution in [0.1, 0.15) is 26.7 Å². The fourth-order valence-electron chi connectivity index (χ4n) is 1.78. The van der Waals surface area contributed by atoms with E-state index >= 15 is 0 Å². The van der Waals surface area contributed by atoms with Gasteiger partial charge in [-0.15, -0.1) is 0 Å². The molecule has 1 heterocycles. The van der Waals surface area contributed by atoms with Gasteiger partial charge in [0, 0.05) is 25.4 Å². The summed E-state index contributed by atoms with van der Waals surface area (Å²) in [7, 11) is -3.91. The van der Waals surface area contributed by atoms with E-state index in [4.69, 9.17) is 0 Å². The first-order valence-corrected chi connectivity index (χ1v) is 7.32. The molecule has 0 spiro atoms. The Hall–Kier alpha value is -1.15. The van der Waals surface area contributed by atoms with E-state index in [0.717, 1.165) is 4.31 Å². The molecular formula is C10H18N2O5S. The Morgan fingerprint density at radius 2 is 2.17 bits per heavy atom. The molecule has 8 heteroatoms. The van der Waals surface area contributed by atoms with Crippen molar-refractivity contribution >= 4 is 22.1 Å². The van der Waals surface area contributed by atoms with E-state index < -0.39 is 16.3 Å². The maximum Gasteiger partial charge on any atom is 0.421 e. The molecule has 1 fully saturated rings. The number of Topliss-reactive ketones (excluding diaryl/α,β-unsaturated/α-hetero) is 1. The Morgan fingerprint density at radius 3 is 2.72 bits per heavy atom. The van der Waals surface area contributed by atoms with E-state index in [1.54, 1.807) is 6.92 Å². The van der Waals surface area contributed by atoms with Gasteiger partial charge >= 0.3 is 16.3 Å². The Bertz CT molecular complexity index is 420. The number of carbonyl (C=O) groups excluding carboxylic acids is 2. The summed E-state index contributed by atoms with van der Waals surface area (Å²) in [5.41, 5.74) is 0. The number of amides is 1. The first-order valence-electron chi connectivity index (χ1n) is 5.88. The maximum atomic E-state index is 11.8. The zero-order valence-corrected chi connectivity index (χ0v) is 11.3. The van der Waals surface area contributed by atoms with E-state index in [0.29, 0.717) is 6.42 Å². The van der Waals surface area contributed by atoms with Crippen LogP contribution in [0, 0.1) is 5.92 Å². The van der Waals surface area contributed by atoms with Crippen molar-refractivity contribution in [3.8, 4) is 0 Å². The van der Waals surface area contributed by atoms with Crippen LogP contribution in [-0.2, 0) is 19.7 Å². The summed E-state index contributed by atoms with van der Waals surface area (Å²) in [5, 5.41) is 0. The molecule has 104 valence electrons. The van der Waals surface area contributed by atoms with Gasteiger partial charge in [-0.2, -0.15) is 12.7 Å². The van der Waals surface area contributed by atoms with Gasteiger partial charge in [0.25, 0.3) is 0 Å². The molecule has 0 aromatic heterocycles. The number of nitrogens with one attached hydrogen (secondary N) is 1. The molecule has 0 saturated carbocycles. The smallest absolute Gasteiger partial charge is 0.421 e. The number of hydrogen-bond acceptors (Lipinski definition) is 5. The fraction of sp³-hybridized carbons (Fsp3) is 0.800. The van der Waals surface area contributed by atoms with Gasteiger partial charge < -0.3 is 4.74 Å². The fourth-order valence-corrected chi connectivity index (χ4v) is 2.89. The van der Waals surface area contributed by atoms with Crippen LogP contribution < -0.4 is 4.72 Å². The van der Waals surface area contributed by atoms with Crippen LogP contribution in [0.3, 0.4) is 0 Å². The molecule has 1 N–H and O–H groups in total. The van der Waals surface area contributed by atoms with E-state index in [-0.39, 0.29) is 37.8 Å². The molecule has 0 aromatic rings. The monoisotopic (exact) mass is 278 g/mol. The minimum absolute atomic E-state index is 0.0695. The summed E-state index contributed by atoms with van der Waals surface area (Å²) in [6.45, 7) is 3.72. The quantitative estimate of drug-likeness (QED) is 0.797. The lowest BCUT2D eigenvalue weighted by molar-refractivity contribution is -0.125. The lowest BCUT2D eigenvalue weighted by Gasteiger charge is -2.30. The van der Waals surface area contributed by atoms with Crippen molar-refractivity contribution in [1.29, 1.82) is 0 Å². The zero-order chi connectivity index (χ0) is 13.8. The highest BCUT2D eigenvalue weighted by Gasteiger charge is 2.33. The first-order chi connectivity index (χ1) is 8.40. The topological polar surface area (TPSA) is 92.8 Å². The summed E-state index contributed by atoms with van der Waals surface area (Å²) in [6.07, 6.45) is -0.227. The molecule has 0 aromatic carbocycles. The molecule has 7 nitrogen and oxygen atoms in total. The van der Waals surface area contributed by atoms with Crippen molar-refractivity contribution < 1.29 is 22.7 Å². The molecule has 1 atom stereocenters. The van der Waals surface area contributed by atoms with Crippen molar-refractivity contribution in [2.24, 2.45) is 5.92 Å². The molecule has 0 radical (unpaired) electrons. The largest absolute Gasteiger partial charge is 0.449 e. The van der Waals surface area contributed by atoms with Gasteiger partial charge in [-0.25, -0.2) is 9.52 Å². The number of piperidine rings is 1. The van der Waals surface area contributed by atoms with E-state index in [1.807, 2.05) is 11.6 Å². The van der Waals surface area contributed by atoms with Crippen LogP contribution in [-0.4, -0.2) is 44.3 Å². The standard InChI is InChI=1S/C10H18N2O5S/c1-3-8-7-12(6-5-9(8)13)18(15,16)11-10(14)17-4-2/h8H,3-7H2,1-2H3,(H,11,14). The highest BCUT2D eigenvalue weighted by Crippen LogP contribution is 2.18. The second-order valence-electron chi connectivity index (χ2n) is 4.01. The van der Waals surface area contributed by atoms with Crippen molar-refractivity contribution in [2.75, 3.05) is 19.7 Å². The Labute approximate surface area is 107 Å². The van der Waals surface area contributed by atoms with Gasteiger partial charge in [-0.1, -0.05) is 6.92 Å². The summed E-state index contributed by atoms with van der Waals surface area (Å²) in [6, 6.07) is 0. The molecular weight excluding hydrogens is 260 g/mol. The molecule has 1 unspecified atom stereocenters. The minimum atomic E-state index is -3.91. The SMILES string of the molecule is CCOC(=O)NS(=O)(=O)N1CCC(=O)C(CC)C1. The second-order valence-corrected chi connectivity index (χ2v) is 5.68. The third kappa shape index (κ3) is 3.67. The molecule has 1 aliphatic rings. The third-order valence-electron chi connectivity index (χ3n) is 2.81. The predicted molar refractivity (Wildman–Crippen MR) is 64.1 cm³/mol. The normalized spacial score (nSPS) is 21.7. The third-order valence-corrected chi connectivity index (χ3v) is 4.24. The number of ketones is 1. The van der Waals surface area contributed by atoms with E-state index in [9.17, 15) is 18.0 Å². The van der Waals surface area contributed by atoms with Crippen molar-refractivity contribution in [3.05, 3.63) is 0 Å². The van der Waals surface area contributed by atoms with Crippen LogP contribution in [0.5, 0.6) is 0 Å². The van der Waals surface area contributed by atoms with Crippen molar-refractivity contribution in [1.82, 2.24) is 9.03 Å². The van der Waals surface area contributed by atoms with Gasteiger partial charge in [0.05, 0.1) is 6.61 Å². The number of nitrogens with zero attached hydrogens (tertiary/aromatic N) is 1. The van der Waals surface area contributed by atoms with Gasteiger partial charge in [-0.3, -0.25) is 4.79 Å². The molecule has 1 aliphatic heterocycles. The van der Waals surface area contributed by atoms with Gasteiger partial charge in [0.2, 0.25) is 0 Å². The molecule has 1 rings (SSSR count). The lowest BCUT2D eigenvalue weighted by atomic mass is 9.96. The number of ether oxygens (including phenoxy) is 1. The van der Waals surface area contributed by atoms with Crippen LogP contribution in [0.15, 0.2) is 0 Å². The minimum Gasteiger partial charge on any atom is -0.449 e. The van der Waals surface area contributed by atoms with Crippen LogP contribution in [0.2, 0.25) is 0 Å². The average Bonchev–Trinajstić information content (AvgIpc) is 2.28. The molecule has 0 bridgehead atoms. The Morgan fingerprint density at radius 1 is 1.50 bits per heavy atom. The predicted octanol–water partition coefficient (Wildman–Crippen LogP) is 0.278. The van der Waals surface area contributed by atoms with Crippen LogP contribution >= 0.6 is 0 Å². The van der Waals surface area contributed by atoms with Crippen LogP contribution in [0.25, 0.3) is 0 Å². The number of carbonyl (C=O) groups is 2. The zero-order valence-electron chi connectivity index (χ0n) is 10.5. The summed E-state index contributed by atoms with van der Waals surface area (Å²) in [5.74, 6) is -0.224. The first kappa shape index (κ1) is 14.9. The van der Waals surface area contributed by atoms with E-state index in [2.05, 4.69) is 4.74 Å². The maximum absolute atomic E-state index is 11.8. The highest BCUT2D eigenvalue weighted by molar-refractivity contribution is 7.87. The molecule has 0 aliphatic carbocycles. The van der Waals surface area contributed by atoms with Gasteiger partial charge in [0.1, 0.15) is 5.78 Å². The molecule has 1 amide bonds. The van der Waals surface area contributed by atoms with Gasteiger partial charge in [0.15, 0.2) is 0 Å². The van der Waals surface area contributed by atoms with Gasteiger partial charge in [-0.05, 0) is 13.3 Å². The second kappa shape index (κ2) is 6.14. The average molecular weight is 278 g/mol. The molecule has 18 heavy (non-hydrogen) atoms. The Balaban J connectivity index is 2.68. The summed E-state index contributed by atoms with van der Waals surface area (Å²) < 4.78 is 31.1. The van der Waals surface area contributed by atoms with Crippen molar-refractivity contribution in [3.63, 3.8) is 0 Å². The van der Waals surface area contributed by atoms with Crippen molar-refractivity contribution in [2.45, 2.75) is 26.7 Å². The van der Waals surface area contributed by atoms with Crippen LogP contribution in [0.4, 0.5) is 4.79 Å². The highest BCUT2D eigenvalue weighted by atomic mass is 32.2. The Kier molecular flexibility index (Phi) is 5.09. The molecule has 1 saturated heterocycles. The number of hydrogen-bond donors (Lipinski definition) is 1. The lowest BCUT2D eigenvalue weighted by Crippen LogP contribution is -2.50. The summed E-state index contributed by atoms with van der Waals surface area (Å²) >= 11 is 0. The number of rotatable bonds is 4.